The minimum Gasteiger partial charge on any atom is -0.443 e. The highest BCUT2D eigenvalue weighted by Crippen LogP contribution is 2.39. The molecule has 1 aromatic rings. The van der Waals surface area contributed by atoms with Gasteiger partial charge in [0.25, 0.3) is 5.69 Å². The summed E-state index contributed by atoms with van der Waals surface area (Å²) in [5, 5.41) is 11.6. The summed E-state index contributed by atoms with van der Waals surface area (Å²) in [6, 6.07) is 3.47. The summed E-state index contributed by atoms with van der Waals surface area (Å²) in [6.45, 7) is 3.31. The lowest BCUT2D eigenvalue weighted by Crippen LogP contribution is -2.33. The zero-order valence-corrected chi connectivity index (χ0v) is 14.1. The van der Waals surface area contributed by atoms with Crippen molar-refractivity contribution < 1.29 is 14.5 Å². The van der Waals surface area contributed by atoms with Gasteiger partial charge in [0, 0.05) is 31.1 Å². The van der Waals surface area contributed by atoms with Crippen molar-refractivity contribution in [3.63, 3.8) is 0 Å². The summed E-state index contributed by atoms with van der Waals surface area (Å²) in [5.41, 5.74) is 5.20. The van der Waals surface area contributed by atoms with Crippen LogP contribution in [-0.2, 0) is 11.2 Å². The maximum atomic E-state index is 11.3. The highest BCUT2D eigenvalue weighted by Gasteiger charge is 2.31. The fraction of sp³-hybridized carbons (Fsp3) is 0.533. The number of amides is 1. The number of hydrogen-bond acceptors (Lipinski definition) is 5. The molecule has 1 aliphatic carbocycles. The molecule has 8 heteroatoms. The summed E-state index contributed by atoms with van der Waals surface area (Å²) in [6.07, 6.45) is 1.40. The number of primary amides is 1. The quantitative estimate of drug-likeness (QED) is 0.632. The van der Waals surface area contributed by atoms with Crippen LogP contribution in [0.1, 0.15) is 32.3 Å². The molecule has 126 valence electrons. The van der Waals surface area contributed by atoms with Crippen LogP contribution >= 0.6 is 11.6 Å². The molecule has 1 fully saturated rings. The predicted octanol–water partition coefficient (Wildman–Crippen LogP) is 3.26. The standard InChI is InChI=1S/C15H20ClN3O4/c1-15(2,23-14(17)20)8-9-6-13(18(3)10-4-5-10)11(16)7-12(9)19(21)22/h6-7,10H,4-5,8H2,1-3H3,(H2,17,20). The third-order valence-electron chi connectivity index (χ3n) is 3.81. The van der Waals surface area contributed by atoms with E-state index in [0.717, 1.165) is 18.5 Å². The predicted molar refractivity (Wildman–Crippen MR) is 88.0 cm³/mol. The van der Waals surface area contributed by atoms with Crippen molar-refractivity contribution in [1.82, 2.24) is 0 Å². The Bertz CT molecular complexity index is 644. The Kier molecular flexibility index (Phi) is 4.70. The number of halogens is 1. The van der Waals surface area contributed by atoms with Gasteiger partial charge in [0.15, 0.2) is 0 Å². The zero-order valence-electron chi connectivity index (χ0n) is 13.3. The molecule has 23 heavy (non-hydrogen) atoms. The fourth-order valence-corrected chi connectivity index (χ4v) is 2.89. The molecule has 0 aromatic heterocycles. The minimum absolute atomic E-state index is 0.0934. The second-order valence-electron chi connectivity index (χ2n) is 6.39. The number of nitro groups is 1. The number of carbonyl (C=O) groups excluding carboxylic acids is 1. The first-order chi connectivity index (χ1) is 10.6. The first-order valence-electron chi connectivity index (χ1n) is 7.29. The molecule has 2 N–H and O–H groups in total. The number of anilines is 1. The van der Waals surface area contributed by atoms with Crippen LogP contribution in [0.25, 0.3) is 0 Å². The van der Waals surface area contributed by atoms with E-state index < -0.39 is 16.6 Å². The molecule has 0 atom stereocenters. The summed E-state index contributed by atoms with van der Waals surface area (Å²) >= 11 is 6.22. The first-order valence-corrected chi connectivity index (χ1v) is 7.66. The van der Waals surface area contributed by atoms with Gasteiger partial charge in [-0.15, -0.1) is 0 Å². The van der Waals surface area contributed by atoms with Gasteiger partial charge < -0.3 is 15.4 Å². The molecule has 1 amide bonds. The van der Waals surface area contributed by atoms with Crippen LogP contribution in [0, 0.1) is 10.1 Å². The maximum absolute atomic E-state index is 11.3. The monoisotopic (exact) mass is 341 g/mol. The van der Waals surface area contributed by atoms with Crippen molar-refractivity contribution in [1.29, 1.82) is 0 Å². The van der Waals surface area contributed by atoms with E-state index in [-0.39, 0.29) is 12.1 Å². The Hall–Kier alpha value is -2.02. The number of nitrogens with zero attached hydrogens (tertiary/aromatic N) is 2. The molecule has 1 aliphatic rings. The largest absolute Gasteiger partial charge is 0.443 e. The van der Waals surface area contributed by atoms with E-state index in [9.17, 15) is 14.9 Å². The van der Waals surface area contributed by atoms with E-state index in [2.05, 4.69) is 0 Å². The van der Waals surface area contributed by atoms with Gasteiger partial charge in [0.05, 0.1) is 15.6 Å². The Labute approximate surface area is 139 Å². The van der Waals surface area contributed by atoms with Crippen LogP contribution in [-0.4, -0.2) is 29.7 Å². The lowest BCUT2D eigenvalue weighted by Gasteiger charge is -2.25. The average Bonchev–Trinajstić information content (AvgIpc) is 3.21. The number of hydrogen-bond donors (Lipinski definition) is 1. The summed E-state index contributed by atoms with van der Waals surface area (Å²) in [4.78, 5) is 23.8. The Morgan fingerprint density at radius 2 is 2.13 bits per heavy atom. The van der Waals surface area contributed by atoms with Gasteiger partial charge >= 0.3 is 6.09 Å². The van der Waals surface area contributed by atoms with Crippen molar-refractivity contribution >= 4 is 29.1 Å². The van der Waals surface area contributed by atoms with Gasteiger partial charge in [-0.1, -0.05) is 11.6 Å². The molecular weight excluding hydrogens is 322 g/mol. The van der Waals surface area contributed by atoms with Crippen molar-refractivity contribution in [2.75, 3.05) is 11.9 Å². The number of ether oxygens (including phenoxy) is 1. The van der Waals surface area contributed by atoms with Gasteiger partial charge in [0.1, 0.15) is 5.60 Å². The van der Waals surface area contributed by atoms with Crippen LogP contribution < -0.4 is 10.6 Å². The topological polar surface area (TPSA) is 98.7 Å². The lowest BCUT2D eigenvalue weighted by molar-refractivity contribution is -0.385. The lowest BCUT2D eigenvalue weighted by atomic mass is 9.96. The van der Waals surface area contributed by atoms with E-state index in [4.69, 9.17) is 22.1 Å². The van der Waals surface area contributed by atoms with Crippen molar-refractivity contribution in [2.24, 2.45) is 5.73 Å². The van der Waals surface area contributed by atoms with Gasteiger partial charge in [-0.25, -0.2) is 4.79 Å². The van der Waals surface area contributed by atoms with Gasteiger partial charge in [-0.05, 0) is 32.8 Å². The SMILES string of the molecule is CN(c1cc(CC(C)(C)OC(N)=O)c([N+](=O)[O-])cc1Cl)C1CC1. The number of carbonyl (C=O) groups is 1. The van der Waals surface area contributed by atoms with E-state index >= 15 is 0 Å². The third kappa shape index (κ3) is 4.25. The Morgan fingerprint density at radius 1 is 1.52 bits per heavy atom. The summed E-state index contributed by atoms with van der Waals surface area (Å²) < 4.78 is 5.04. The first kappa shape index (κ1) is 17.3. The number of benzene rings is 1. The number of nitrogens with two attached hydrogens (primary N) is 1. The van der Waals surface area contributed by atoms with Crippen LogP contribution in [0.2, 0.25) is 5.02 Å². The van der Waals surface area contributed by atoms with E-state index in [1.807, 2.05) is 11.9 Å². The van der Waals surface area contributed by atoms with Crippen LogP contribution in [0.5, 0.6) is 0 Å². The van der Waals surface area contributed by atoms with Crippen molar-refractivity contribution in [3.05, 3.63) is 32.8 Å². The van der Waals surface area contributed by atoms with E-state index in [1.165, 1.54) is 6.07 Å². The molecule has 7 nitrogen and oxygen atoms in total. The molecule has 0 spiro atoms. The summed E-state index contributed by atoms with van der Waals surface area (Å²) in [5.74, 6) is 0. The van der Waals surface area contributed by atoms with Crippen LogP contribution in [0.15, 0.2) is 12.1 Å². The van der Waals surface area contributed by atoms with E-state index in [1.54, 1.807) is 19.9 Å². The second-order valence-corrected chi connectivity index (χ2v) is 6.80. The van der Waals surface area contributed by atoms with Gasteiger partial charge in [-0.2, -0.15) is 0 Å². The zero-order chi connectivity index (χ0) is 17.4. The fourth-order valence-electron chi connectivity index (χ4n) is 2.60. The molecule has 0 radical (unpaired) electrons. The van der Waals surface area contributed by atoms with Crippen LogP contribution in [0.4, 0.5) is 16.2 Å². The van der Waals surface area contributed by atoms with Crippen LogP contribution in [0.3, 0.4) is 0 Å². The third-order valence-corrected chi connectivity index (χ3v) is 4.12. The molecule has 0 bridgehead atoms. The van der Waals surface area contributed by atoms with Gasteiger partial charge in [0.2, 0.25) is 0 Å². The molecular formula is C15H20ClN3O4. The average molecular weight is 342 g/mol. The van der Waals surface area contributed by atoms with Crippen molar-refractivity contribution in [3.8, 4) is 0 Å². The molecule has 0 heterocycles. The van der Waals surface area contributed by atoms with Gasteiger partial charge in [-0.3, -0.25) is 10.1 Å². The van der Waals surface area contributed by atoms with E-state index in [0.29, 0.717) is 16.6 Å². The second kappa shape index (κ2) is 6.23. The molecule has 1 aromatic carbocycles. The molecule has 2 rings (SSSR count). The normalized spacial score (nSPS) is 14.4. The highest BCUT2D eigenvalue weighted by atomic mass is 35.5. The smallest absolute Gasteiger partial charge is 0.405 e. The summed E-state index contributed by atoms with van der Waals surface area (Å²) in [7, 11) is 1.92. The minimum atomic E-state index is -0.958. The van der Waals surface area contributed by atoms with Crippen molar-refractivity contribution in [2.45, 2.75) is 44.8 Å². The molecule has 0 unspecified atom stereocenters. The Morgan fingerprint density at radius 3 is 2.61 bits per heavy atom. The Balaban J connectivity index is 2.40. The number of rotatable bonds is 6. The molecule has 0 aliphatic heterocycles. The molecule has 1 saturated carbocycles. The molecule has 0 saturated heterocycles. The maximum Gasteiger partial charge on any atom is 0.405 e. The highest BCUT2D eigenvalue weighted by molar-refractivity contribution is 6.33. The number of nitro benzene ring substituents is 1.